The molecule has 1 heterocycles. The number of ether oxygens (including phenoxy) is 1. The fraction of sp³-hybridized carbons (Fsp3) is 0.250. The molecule has 0 unspecified atom stereocenters. The van der Waals surface area contributed by atoms with Crippen LogP contribution in [0.5, 0.6) is 0 Å². The first-order valence-electron chi connectivity index (χ1n) is 4.07. The molecule has 0 bridgehead atoms. The maximum absolute atomic E-state index is 12.3. The van der Waals surface area contributed by atoms with E-state index >= 15 is 0 Å². The molecule has 0 saturated heterocycles. The Morgan fingerprint density at radius 1 is 1.53 bits per heavy atom. The van der Waals surface area contributed by atoms with Crippen molar-refractivity contribution < 1.29 is 27.6 Å². The number of rotatable bonds is 2. The molecule has 0 N–H and O–H groups in total. The van der Waals surface area contributed by atoms with Gasteiger partial charge in [-0.2, -0.15) is 13.2 Å². The van der Waals surface area contributed by atoms with Crippen molar-refractivity contribution in [3.63, 3.8) is 0 Å². The molecule has 0 spiro atoms. The highest BCUT2D eigenvalue weighted by atomic mass is 19.4. The van der Waals surface area contributed by atoms with E-state index in [0.29, 0.717) is 6.20 Å². The van der Waals surface area contributed by atoms with Crippen molar-refractivity contribution in [3.05, 3.63) is 33.6 Å². The number of aromatic nitrogens is 1. The van der Waals surface area contributed by atoms with Crippen LogP contribution in [0.2, 0.25) is 0 Å². The second-order valence-electron chi connectivity index (χ2n) is 2.83. The fourth-order valence-corrected chi connectivity index (χ4v) is 1.02. The standard InChI is InChI=1S/C8H5F3N2O4/c1-17-7(14)4-2-6(8(9,10)11)12-3-5(4)13(15)16/h2-3H,1H3. The van der Waals surface area contributed by atoms with E-state index in [1.807, 2.05) is 0 Å². The molecular formula is C8H5F3N2O4. The maximum Gasteiger partial charge on any atom is 0.433 e. The number of hydrogen-bond acceptors (Lipinski definition) is 5. The van der Waals surface area contributed by atoms with Crippen LogP contribution in [-0.4, -0.2) is 23.0 Å². The van der Waals surface area contributed by atoms with Crippen LogP contribution in [0.1, 0.15) is 16.1 Å². The lowest BCUT2D eigenvalue weighted by Crippen LogP contribution is -2.13. The Morgan fingerprint density at radius 3 is 2.53 bits per heavy atom. The highest BCUT2D eigenvalue weighted by Gasteiger charge is 2.35. The Bertz CT molecular complexity index is 472. The second kappa shape index (κ2) is 4.36. The number of halogens is 3. The number of hydrogen-bond donors (Lipinski definition) is 0. The van der Waals surface area contributed by atoms with Gasteiger partial charge in [-0.15, -0.1) is 0 Å². The largest absolute Gasteiger partial charge is 0.465 e. The van der Waals surface area contributed by atoms with Gasteiger partial charge in [-0.1, -0.05) is 0 Å². The number of pyridine rings is 1. The van der Waals surface area contributed by atoms with Crippen LogP contribution in [0, 0.1) is 10.1 Å². The third kappa shape index (κ3) is 2.68. The highest BCUT2D eigenvalue weighted by molar-refractivity contribution is 5.93. The van der Waals surface area contributed by atoms with Crippen LogP contribution >= 0.6 is 0 Å². The van der Waals surface area contributed by atoms with Crippen LogP contribution in [0.15, 0.2) is 12.3 Å². The summed E-state index contributed by atoms with van der Waals surface area (Å²) < 4.78 is 41.0. The van der Waals surface area contributed by atoms with Gasteiger partial charge in [0, 0.05) is 0 Å². The van der Waals surface area contributed by atoms with Gasteiger partial charge in [-0.25, -0.2) is 9.78 Å². The molecule has 92 valence electrons. The molecule has 1 rings (SSSR count). The minimum Gasteiger partial charge on any atom is -0.465 e. The molecule has 0 aliphatic carbocycles. The summed E-state index contributed by atoms with van der Waals surface area (Å²) in [7, 11) is 0.903. The van der Waals surface area contributed by atoms with Crippen LogP contribution < -0.4 is 0 Å². The van der Waals surface area contributed by atoms with E-state index in [1.54, 1.807) is 0 Å². The molecule has 0 aliphatic heterocycles. The van der Waals surface area contributed by atoms with Gasteiger partial charge in [0.25, 0.3) is 0 Å². The van der Waals surface area contributed by atoms with E-state index in [-0.39, 0.29) is 6.07 Å². The molecule has 0 aromatic carbocycles. The van der Waals surface area contributed by atoms with Crippen molar-refractivity contribution in [2.24, 2.45) is 0 Å². The lowest BCUT2D eigenvalue weighted by molar-refractivity contribution is -0.385. The Hall–Kier alpha value is -2.19. The van der Waals surface area contributed by atoms with Crippen molar-refractivity contribution in [1.82, 2.24) is 4.98 Å². The molecule has 0 fully saturated rings. The summed E-state index contributed by atoms with van der Waals surface area (Å²) in [6, 6.07) is 0.282. The quantitative estimate of drug-likeness (QED) is 0.454. The lowest BCUT2D eigenvalue weighted by Gasteiger charge is -2.07. The molecular weight excluding hydrogens is 245 g/mol. The Morgan fingerprint density at radius 2 is 2.12 bits per heavy atom. The second-order valence-corrected chi connectivity index (χ2v) is 2.83. The van der Waals surface area contributed by atoms with Gasteiger partial charge in [-0.05, 0) is 6.07 Å². The summed E-state index contributed by atoms with van der Waals surface area (Å²) in [5.41, 5.74) is -3.03. The Kier molecular flexibility index (Phi) is 3.30. The predicted octanol–water partition coefficient (Wildman–Crippen LogP) is 1.80. The van der Waals surface area contributed by atoms with E-state index in [4.69, 9.17) is 0 Å². The SMILES string of the molecule is COC(=O)c1cc(C(F)(F)F)ncc1[N+](=O)[O-]. The zero-order valence-electron chi connectivity index (χ0n) is 8.32. The van der Waals surface area contributed by atoms with Crippen molar-refractivity contribution in [2.45, 2.75) is 6.18 Å². The molecule has 1 aromatic rings. The normalized spacial score (nSPS) is 11.1. The van der Waals surface area contributed by atoms with E-state index < -0.39 is 34.0 Å². The molecule has 0 aliphatic rings. The predicted molar refractivity (Wildman–Crippen MR) is 47.2 cm³/mol. The number of carbonyl (C=O) groups excluding carboxylic acids is 1. The van der Waals surface area contributed by atoms with Gasteiger partial charge in [0.05, 0.1) is 12.0 Å². The van der Waals surface area contributed by atoms with Gasteiger partial charge in [-0.3, -0.25) is 10.1 Å². The van der Waals surface area contributed by atoms with Gasteiger partial charge >= 0.3 is 17.8 Å². The first-order valence-corrected chi connectivity index (χ1v) is 4.07. The van der Waals surface area contributed by atoms with Gasteiger partial charge in [0.15, 0.2) is 0 Å². The summed E-state index contributed by atoms with van der Waals surface area (Å²) in [4.78, 5) is 23.4. The van der Waals surface area contributed by atoms with Crippen LogP contribution in [0.3, 0.4) is 0 Å². The van der Waals surface area contributed by atoms with Gasteiger partial charge in [0.2, 0.25) is 0 Å². The number of methoxy groups -OCH3 is 1. The third-order valence-electron chi connectivity index (χ3n) is 1.78. The number of nitrogens with zero attached hydrogens (tertiary/aromatic N) is 2. The topological polar surface area (TPSA) is 82.3 Å². The van der Waals surface area contributed by atoms with E-state index in [2.05, 4.69) is 9.72 Å². The molecule has 0 radical (unpaired) electrons. The molecule has 6 nitrogen and oxygen atoms in total. The minimum absolute atomic E-state index is 0.282. The first-order chi connectivity index (χ1) is 7.77. The summed E-state index contributed by atoms with van der Waals surface area (Å²) in [6.45, 7) is 0. The third-order valence-corrected chi connectivity index (χ3v) is 1.78. The van der Waals surface area contributed by atoms with Crippen LogP contribution in [-0.2, 0) is 10.9 Å². The number of nitro groups is 1. The van der Waals surface area contributed by atoms with Crippen molar-refractivity contribution >= 4 is 11.7 Å². The van der Waals surface area contributed by atoms with E-state index in [0.717, 1.165) is 7.11 Å². The molecule has 0 saturated carbocycles. The minimum atomic E-state index is -4.79. The number of carbonyl (C=O) groups is 1. The average Bonchev–Trinajstić information content (AvgIpc) is 2.25. The zero-order valence-corrected chi connectivity index (χ0v) is 8.32. The lowest BCUT2D eigenvalue weighted by atomic mass is 10.2. The molecule has 17 heavy (non-hydrogen) atoms. The van der Waals surface area contributed by atoms with Gasteiger partial charge in [0.1, 0.15) is 17.5 Å². The first kappa shape index (κ1) is 12.9. The monoisotopic (exact) mass is 250 g/mol. The number of esters is 1. The number of alkyl halides is 3. The smallest absolute Gasteiger partial charge is 0.433 e. The van der Waals surface area contributed by atoms with Crippen LogP contribution in [0.4, 0.5) is 18.9 Å². The summed E-state index contributed by atoms with van der Waals surface area (Å²) in [6.07, 6.45) is -4.42. The van der Waals surface area contributed by atoms with Gasteiger partial charge < -0.3 is 4.74 Å². The Balaban J connectivity index is 3.39. The molecule has 0 amide bonds. The maximum atomic E-state index is 12.3. The summed E-state index contributed by atoms with van der Waals surface area (Å²) >= 11 is 0. The Labute approximate surface area is 92.2 Å². The fourth-order valence-electron chi connectivity index (χ4n) is 1.02. The van der Waals surface area contributed by atoms with E-state index in [1.165, 1.54) is 0 Å². The van der Waals surface area contributed by atoms with Crippen molar-refractivity contribution in [2.75, 3.05) is 7.11 Å². The molecule has 1 aromatic heterocycles. The zero-order chi connectivity index (χ0) is 13.2. The highest BCUT2D eigenvalue weighted by Crippen LogP contribution is 2.30. The van der Waals surface area contributed by atoms with Crippen molar-refractivity contribution in [1.29, 1.82) is 0 Å². The van der Waals surface area contributed by atoms with Crippen LogP contribution in [0.25, 0.3) is 0 Å². The van der Waals surface area contributed by atoms with E-state index in [9.17, 15) is 28.1 Å². The molecule has 9 heteroatoms. The summed E-state index contributed by atoms with van der Waals surface area (Å²) in [5.74, 6) is -1.23. The summed E-state index contributed by atoms with van der Waals surface area (Å²) in [5, 5.41) is 10.5. The molecule has 0 atom stereocenters. The van der Waals surface area contributed by atoms with Crippen molar-refractivity contribution in [3.8, 4) is 0 Å². The average molecular weight is 250 g/mol.